The second-order valence-corrected chi connectivity index (χ2v) is 7.16. The minimum atomic E-state index is -1.17. The van der Waals surface area contributed by atoms with Gasteiger partial charge in [0.15, 0.2) is 6.33 Å². The molecule has 1 fully saturated rings. The molecular formula is C18H18N8O6. The van der Waals surface area contributed by atoms with Crippen LogP contribution in [0.2, 0.25) is 0 Å². The highest BCUT2D eigenvalue weighted by atomic mass is 16.6. The van der Waals surface area contributed by atoms with Crippen LogP contribution in [0.5, 0.6) is 0 Å². The van der Waals surface area contributed by atoms with Crippen LogP contribution < -0.4 is 5.32 Å². The van der Waals surface area contributed by atoms with Crippen molar-refractivity contribution in [3.05, 3.63) is 51.8 Å². The minimum Gasteiger partial charge on any atom is -0.452 e. The van der Waals surface area contributed by atoms with Gasteiger partial charge in [-0.15, -0.1) is 10.2 Å². The summed E-state index contributed by atoms with van der Waals surface area (Å²) < 4.78 is 5.00. The number of aromatic nitrogens is 4. The van der Waals surface area contributed by atoms with E-state index in [4.69, 9.17) is 4.74 Å². The standard InChI is InChI=1S/C18H18N8O6/c1-9(14-13(17(28)22-14)10(2)25-21-8-20-24-25)16(27)15(23-19)18(29)32-7-11-3-5-12(6-4-11)26(30)31/h3-6,8-10,13-14H,7H2,1-2H3,(H,22,28)/t9-,10-,13-,14-/m1/s1. The number of Topliss-reactive ketones (excluding diaryl/α,β-unsaturated/α-hetero) is 1. The first-order chi connectivity index (χ1) is 15.2. The fourth-order valence-electron chi connectivity index (χ4n) is 3.38. The zero-order valence-corrected chi connectivity index (χ0v) is 17.0. The summed E-state index contributed by atoms with van der Waals surface area (Å²) in [5, 5.41) is 24.5. The third kappa shape index (κ3) is 4.39. The van der Waals surface area contributed by atoms with E-state index >= 15 is 0 Å². The van der Waals surface area contributed by atoms with Crippen molar-refractivity contribution in [1.82, 2.24) is 25.5 Å². The maximum absolute atomic E-state index is 12.8. The molecule has 1 aliphatic heterocycles. The van der Waals surface area contributed by atoms with Gasteiger partial charge in [-0.05, 0) is 29.8 Å². The Morgan fingerprint density at radius 2 is 2.03 bits per heavy atom. The Hall–Kier alpha value is -4.32. The highest BCUT2D eigenvalue weighted by molar-refractivity contribution is 6.62. The monoisotopic (exact) mass is 442 g/mol. The summed E-state index contributed by atoms with van der Waals surface area (Å²) in [4.78, 5) is 51.3. The molecule has 0 radical (unpaired) electrons. The molecule has 2 aromatic rings. The molecule has 2 heterocycles. The summed E-state index contributed by atoms with van der Waals surface area (Å²) in [7, 11) is 0. The van der Waals surface area contributed by atoms with E-state index in [0.717, 1.165) is 0 Å². The third-order valence-electron chi connectivity index (χ3n) is 5.24. The van der Waals surface area contributed by atoms with Crippen LogP contribution >= 0.6 is 0 Å². The first kappa shape index (κ1) is 22.4. The Bertz CT molecular complexity index is 1090. The number of hydrogen-bond acceptors (Lipinski definition) is 9. The third-order valence-corrected chi connectivity index (χ3v) is 5.24. The SMILES string of the molecule is C[C@H]([C@H]1C(=O)N[C@@H]1[C@@H](C)C(=O)C(=[N+]=[N-])C(=O)OCc1ccc([N+](=O)[O-])cc1)n1ncnn1. The lowest BCUT2D eigenvalue weighted by atomic mass is 9.76. The van der Waals surface area contributed by atoms with E-state index in [1.165, 1.54) is 42.3 Å². The van der Waals surface area contributed by atoms with Gasteiger partial charge in [-0.25, -0.2) is 4.79 Å². The van der Waals surface area contributed by atoms with Crippen molar-refractivity contribution < 1.29 is 28.8 Å². The zero-order chi connectivity index (χ0) is 23.4. The lowest BCUT2D eigenvalue weighted by Gasteiger charge is -2.41. The van der Waals surface area contributed by atoms with Crippen LogP contribution in [0, 0.1) is 22.0 Å². The molecule has 14 heteroatoms. The first-order valence-corrected chi connectivity index (χ1v) is 9.44. The molecule has 0 unspecified atom stereocenters. The predicted molar refractivity (Wildman–Crippen MR) is 104 cm³/mol. The van der Waals surface area contributed by atoms with E-state index in [1.807, 2.05) is 0 Å². The Labute approximate surface area is 180 Å². The van der Waals surface area contributed by atoms with Gasteiger partial charge in [-0.2, -0.15) is 9.59 Å². The molecule has 1 aliphatic rings. The number of rotatable bonds is 9. The van der Waals surface area contributed by atoms with Crippen LogP contribution in [-0.4, -0.2) is 59.3 Å². The molecule has 0 bridgehead atoms. The topological polar surface area (TPSA) is 196 Å². The van der Waals surface area contributed by atoms with Crippen LogP contribution in [0.4, 0.5) is 5.69 Å². The Balaban J connectivity index is 1.64. The van der Waals surface area contributed by atoms with E-state index in [9.17, 15) is 30.0 Å². The number of tetrazole rings is 1. The molecule has 32 heavy (non-hydrogen) atoms. The van der Waals surface area contributed by atoms with Gasteiger partial charge >= 0.3 is 11.7 Å². The highest BCUT2D eigenvalue weighted by Gasteiger charge is 2.51. The Morgan fingerprint density at radius 3 is 2.56 bits per heavy atom. The fraction of sp³-hybridized carbons (Fsp3) is 0.389. The Kier molecular flexibility index (Phi) is 6.45. The largest absolute Gasteiger partial charge is 0.452 e. The summed E-state index contributed by atoms with van der Waals surface area (Å²) in [6, 6.07) is 4.09. The molecule has 14 nitrogen and oxygen atoms in total. The van der Waals surface area contributed by atoms with Gasteiger partial charge in [0.05, 0.1) is 22.9 Å². The number of nitrogens with one attached hydrogen (secondary N) is 1. The van der Waals surface area contributed by atoms with Gasteiger partial charge in [-0.3, -0.25) is 19.7 Å². The number of hydrogen-bond donors (Lipinski definition) is 1. The number of amides is 1. The molecule has 4 atom stereocenters. The van der Waals surface area contributed by atoms with Crippen molar-refractivity contribution in [2.24, 2.45) is 11.8 Å². The van der Waals surface area contributed by atoms with Crippen molar-refractivity contribution in [1.29, 1.82) is 0 Å². The summed E-state index contributed by atoms with van der Waals surface area (Å²) in [5.41, 5.74) is 8.71. The lowest BCUT2D eigenvalue weighted by molar-refractivity contribution is -0.384. The number of esters is 1. The van der Waals surface area contributed by atoms with E-state index in [-0.39, 0.29) is 18.2 Å². The predicted octanol–water partition coefficient (Wildman–Crippen LogP) is -0.124. The summed E-state index contributed by atoms with van der Waals surface area (Å²) in [6.45, 7) is 2.87. The number of carbonyl (C=O) groups excluding carboxylic acids is 3. The number of nitro groups is 1. The van der Waals surface area contributed by atoms with Gasteiger partial charge in [0, 0.05) is 18.1 Å². The molecular weight excluding hydrogens is 424 g/mol. The molecule has 1 saturated heterocycles. The van der Waals surface area contributed by atoms with Gasteiger partial charge in [0.1, 0.15) is 6.61 Å². The van der Waals surface area contributed by atoms with E-state index in [1.54, 1.807) is 6.92 Å². The van der Waals surface area contributed by atoms with Crippen molar-refractivity contribution in [3.63, 3.8) is 0 Å². The summed E-state index contributed by atoms with van der Waals surface area (Å²) in [6.07, 6.45) is 1.22. The number of β-lactam (4-membered cyclic amide) rings is 1. The highest BCUT2D eigenvalue weighted by Crippen LogP contribution is 2.31. The maximum Gasteiger partial charge on any atom is 0.441 e. The number of nitro benzene ring substituents is 1. The molecule has 1 N–H and O–H groups in total. The zero-order valence-electron chi connectivity index (χ0n) is 17.0. The first-order valence-electron chi connectivity index (χ1n) is 9.44. The van der Waals surface area contributed by atoms with Crippen molar-refractivity contribution in [2.45, 2.75) is 32.5 Å². The van der Waals surface area contributed by atoms with Crippen LogP contribution in [0.3, 0.4) is 0 Å². The number of ether oxygens (including phenoxy) is 1. The van der Waals surface area contributed by atoms with Crippen LogP contribution in [0.15, 0.2) is 30.6 Å². The van der Waals surface area contributed by atoms with Gasteiger partial charge in [0.25, 0.3) is 11.5 Å². The quantitative estimate of drug-likeness (QED) is 0.0804. The van der Waals surface area contributed by atoms with Crippen LogP contribution in [0.25, 0.3) is 5.53 Å². The summed E-state index contributed by atoms with van der Waals surface area (Å²) in [5.74, 6) is -3.89. The molecule has 1 aromatic carbocycles. The van der Waals surface area contributed by atoms with Crippen molar-refractivity contribution in [3.8, 4) is 0 Å². The Morgan fingerprint density at radius 1 is 1.34 bits per heavy atom. The average Bonchev–Trinajstić information content (AvgIpc) is 3.31. The number of benzene rings is 1. The second kappa shape index (κ2) is 9.22. The molecule has 0 spiro atoms. The minimum absolute atomic E-state index is 0.130. The van der Waals surface area contributed by atoms with E-state index in [0.29, 0.717) is 5.56 Å². The number of carbonyl (C=O) groups is 3. The second-order valence-electron chi connectivity index (χ2n) is 7.16. The van der Waals surface area contributed by atoms with Gasteiger partial charge < -0.3 is 15.6 Å². The van der Waals surface area contributed by atoms with Gasteiger partial charge in [0.2, 0.25) is 5.91 Å². The van der Waals surface area contributed by atoms with Crippen LogP contribution in [0.1, 0.15) is 25.5 Å². The van der Waals surface area contributed by atoms with E-state index < -0.39 is 46.3 Å². The summed E-state index contributed by atoms with van der Waals surface area (Å²) >= 11 is 0. The molecule has 1 aromatic heterocycles. The maximum atomic E-state index is 12.8. The van der Waals surface area contributed by atoms with Crippen molar-refractivity contribution >= 4 is 29.1 Å². The smallest absolute Gasteiger partial charge is 0.441 e. The number of nitrogens with zero attached hydrogens (tertiary/aromatic N) is 7. The van der Waals surface area contributed by atoms with Crippen molar-refractivity contribution in [2.75, 3.05) is 0 Å². The molecule has 3 rings (SSSR count). The molecule has 0 aliphatic carbocycles. The fourth-order valence-corrected chi connectivity index (χ4v) is 3.38. The average molecular weight is 442 g/mol. The molecule has 166 valence electrons. The lowest BCUT2D eigenvalue weighted by Crippen LogP contribution is -2.65. The number of non-ortho nitro benzene ring substituents is 1. The normalized spacial score (nSPS) is 19.0. The molecule has 0 saturated carbocycles. The van der Waals surface area contributed by atoms with E-state index in [2.05, 4.69) is 25.5 Å². The van der Waals surface area contributed by atoms with Gasteiger partial charge in [-0.1, -0.05) is 6.92 Å². The van der Waals surface area contributed by atoms with Crippen LogP contribution in [-0.2, 0) is 25.7 Å². The molecule has 1 amide bonds. The number of ketones is 1.